The standard InChI is InChI=1S/C11H9N5OS/c12-5-7(6-14-13)10(17)16-11-15-8-3-1-2-4-9(8)18-11/h1-4,6,14H,13H2,(H,15,16,17)/b7-6+. The number of thiazole rings is 1. The SMILES string of the molecule is N#C/C(=C\NN)C(=O)Nc1nc2ccccc2s1. The van der Waals surface area contributed by atoms with E-state index in [1.54, 1.807) is 6.07 Å². The number of carbonyl (C=O) groups is 1. The number of hydrazine groups is 1. The molecule has 0 bridgehead atoms. The van der Waals surface area contributed by atoms with Crippen LogP contribution in [0.2, 0.25) is 0 Å². The monoisotopic (exact) mass is 259 g/mol. The molecule has 0 fully saturated rings. The summed E-state index contributed by atoms with van der Waals surface area (Å²) in [5.74, 6) is 4.48. The highest BCUT2D eigenvalue weighted by molar-refractivity contribution is 7.22. The fourth-order valence-corrected chi connectivity index (χ4v) is 2.18. The maximum absolute atomic E-state index is 11.7. The third kappa shape index (κ3) is 2.45. The normalized spacial score (nSPS) is 11.0. The van der Waals surface area contributed by atoms with Crippen molar-refractivity contribution in [2.24, 2.45) is 5.84 Å². The van der Waals surface area contributed by atoms with E-state index in [2.05, 4.69) is 15.7 Å². The molecule has 1 aromatic carbocycles. The molecule has 0 unspecified atom stereocenters. The summed E-state index contributed by atoms with van der Waals surface area (Å²) in [6.07, 6.45) is 1.13. The first-order valence-electron chi connectivity index (χ1n) is 4.98. The summed E-state index contributed by atoms with van der Waals surface area (Å²) >= 11 is 1.34. The average Bonchev–Trinajstić information content (AvgIpc) is 2.77. The number of nitrogens with one attached hydrogen (secondary N) is 2. The molecule has 18 heavy (non-hydrogen) atoms. The summed E-state index contributed by atoms with van der Waals surface area (Å²) in [5, 5.41) is 11.7. The number of rotatable bonds is 3. The van der Waals surface area contributed by atoms with Crippen molar-refractivity contribution in [1.82, 2.24) is 10.4 Å². The van der Waals surface area contributed by atoms with Gasteiger partial charge in [-0.3, -0.25) is 16.0 Å². The second kappa shape index (κ2) is 5.27. The van der Waals surface area contributed by atoms with Crippen molar-refractivity contribution < 1.29 is 4.79 Å². The summed E-state index contributed by atoms with van der Waals surface area (Å²) in [6, 6.07) is 9.26. The molecule has 1 amide bonds. The molecule has 7 heteroatoms. The molecule has 0 saturated carbocycles. The molecule has 0 spiro atoms. The molecule has 1 heterocycles. The molecule has 6 nitrogen and oxygen atoms in total. The average molecular weight is 259 g/mol. The Balaban J connectivity index is 2.21. The van der Waals surface area contributed by atoms with Crippen molar-refractivity contribution in [3.63, 3.8) is 0 Å². The molecule has 0 aliphatic rings. The minimum atomic E-state index is -0.547. The van der Waals surface area contributed by atoms with Gasteiger partial charge in [0.1, 0.15) is 11.6 Å². The second-order valence-electron chi connectivity index (χ2n) is 3.28. The molecule has 0 aliphatic carbocycles. The van der Waals surface area contributed by atoms with E-state index >= 15 is 0 Å². The van der Waals surface area contributed by atoms with E-state index in [1.807, 2.05) is 24.3 Å². The highest BCUT2D eigenvalue weighted by atomic mass is 32.1. The van der Waals surface area contributed by atoms with Crippen LogP contribution in [-0.4, -0.2) is 10.9 Å². The minimum absolute atomic E-state index is 0.114. The lowest BCUT2D eigenvalue weighted by Gasteiger charge is -1.98. The van der Waals surface area contributed by atoms with Crippen LogP contribution in [0, 0.1) is 11.3 Å². The van der Waals surface area contributed by atoms with Crippen LogP contribution in [-0.2, 0) is 4.79 Å². The number of benzene rings is 1. The van der Waals surface area contributed by atoms with E-state index in [1.165, 1.54) is 11.3 Å². The van der Waals surface area contributed by atoms with Crippen LogP contribution in [0.5, 0.6) is 0 Å². The van der Waals surface area contributed by atoms with Gasteiger partial charge in [-0.15, -0.1) is 0 Å². The first-order valence-corrected chi connectivity index (χ1v) is 5.79. The summed E-state index contributed by atoms with van der Waals surface area (Å²) in [6.45, 7) is 0. The number of nitrogens with zero attached hydrogens (tertiary/aromatic N) is 2. The van der Waals surface area contributed by atoms with E-state index < -0.39 is 5.91 Å². The number of carbonyl (C=O) groups excluding carboxylic acids is 1. The largest absolute Gasteiger partial charge is 0.330 e. The number of hydrogen-bond donors (Lipinski definition) is 3. The Hall–Kier alpha value is -2.43. The summed E-state index contributed by atoms with van der Waals surface area (Å²) < 4.78 is 0.965. The van der Waals surface area contributed by atoms with Crippen molar-refractivity contribution in [2.75, 3.05) is 5.32 Å². The van der Waals surface area contributed by atoms with Crippen molar-refractivity contribution in [1.29, 1.82) is 5.26 Å². The fourth-order valence-electron chi connectivity index (χ4n) is 1.32. The third-order valence-corrected chi connectivity index (χ3v) is 3.06. The van der Waals surface area contributed by atoms with Crippen LogP contribution in [0.1, 0.15) is 0 Å². The number of para-hydroxylation sites is 1. The Kier molecular flexibility index (Phi) is 3.52. The number of fused-ring (bicyclic) bond motifs is 1. The third-order valence-electron chi connectivity index (χ3n) is 2.11. The van der Waals surface area contributed by atoms with E-state index in [9.17, 15) is 4.79 Å². The number of anilines is 1. The van der Waals surface area contributed by atoms with E-state index in [0.717, 1.165) is 16.4 Å². The highest BCUT2D eigenvalue weighted by Crippen LogP contribution is 2.25. The highest BCUT2D eigenvalue weighted by Gasteiger charge is 2.11. The van der Waals surface area contributed by atoms with Gasteiger partial charge in [0.15, 0.2) is 5.13 Å². The molecule has 0 radical (unpaired) electrons. The van der Waals surface area contributed by atoms with Crippen LogP contribution in [0.4, 0.5) is 5.13 Å². The molecule has 90 valence electrons. The quantitative estimate of drug-likeness (QED) is 0.331. The predicted molar refractivity (Wildman–Crippen MR) is 69.3 cm³/mol. The van der Waals surface area contributed by atoms with Crippen molar-refractivity contribution in [3.05, 3.63) is 36.0 Å². The molecule has 0 atom stereocenters. The van der Waals surface area contributed by atoms with Gasteiger partial charge in [-0.2, -0.15) is 5.26 Å². The molecule has 4 N–H and O–H groups in total. The first-order chi connectivity index (χ1) is 8.74. The Morgan fingerprint density at radius 3 is 2.94 bits per heavy atom. The van der Waals surface area contributed by atoms with Gasteiger partial charge in [0.25, 0.3) is 5.91 Å². The summed E-state index contributed by atoms with van der Waals surface area (Å²) in [7, 11) is 0. The molecule has 1 aromatic heterocycles. The first kappa shape index (κ1) is 12.0. The van der Waals surface area contributed by atoms with Gasteiger partial charge in [-0.1, -0.05) is 23.5 Å². The zero-order valence-electron chi connectivity index (χ0n) is 9.18. The Morgan fingerprint density at radius 2 is 2.28 bits per heavy atom. The molecule has 0 saturated heterocycles. The maximum Gasteiger partial charge on any atom is 0.269 e. The number of hydrogen-bond acceptors (Lipinski definition) is 6. The van der Waals surface area contributed by atoms with Crippen LogP contribution in [0.3, 0.4) is 0 Å². The van der Waals surface area contributed by atoms with Gasteiger partial charge in [-0.25, -0.2) is 4.98 Å². The van der Waals surface area contributed by atoms with Gasteiger partial charge in [0.2, 0.25) is 0 Å². The van der Waals surface area contributed by atoms with E-state index in [-0.39, 0.29) is 5.57 Å². The van der Waals surface area contributed by atoms with Gasteiger partial charge in [0, 0.05) is 6.20 Å². The summed E-state index contributed by atoms with van der Waals surface area (Å²) in [4.78, 5) is 15.9. The molecule has 2 aromatic rings. The molecular weight excluding hydrogens is 250 g/mol. The Morgan fingerprint density at radius 1 is 1.50 bits per heavy atom. The van der Waals surface area contributed by atoms with Gasteiger partial charge in [-0.05, 0) is 12.1 Å². The molecular formula is C11H9N5OS. The number of nitriles is 1. The lowest BCUT2D eigenvalue weighted by Crippen LogP contribution is -2.19. The zero-order valence-corrected chi connectivity index (χ0v) is 9.99. The van der Waals surface area contributed by atoms with Crippen LogP contribution < -0.4 is 16.6 Å². The fraction of sp³-hybridized carbons (Fsp3) is 0. The smallest absolute Gasteiger partial charge is 0.269 e. The molecule has 2 rings (SSSR count). The van der Waals surface area contributed by atoms with E-state index in [4.69, 9.17) is 11.1 Å². The van der Waals surface area contributed by atoms with Crippen molar-refractivity contribution in [3.8, 4) is 6.07 Å². The second-order valence-corrected chi connectivity index (χ2v) is 4.31. The van der Waals surface area contributed by atoms with Crippen molar-refractivity contribution in [2.45, 2.75) is 0 Å². The number of amides is 1. The maximum atomic E-state index is 11.7. The Bertz CT molecular complexity index is 622. The lowest BCUT2D eigenvalue weighted by molar-refractivity contribution is -0.112. The van der Waals surface area contributed by atoms with Crippen LogP contribution in [0.15, 0.2) is 36.0 Å². The number of aromatic nitrogens is 1. The topological polar surface area (TPSA) is 104 Å². The molecule has 0 aliphatic heterocycles. The van der Waals surface area contributed by atoms with Crippen LogP contribution >= 0.6 is 11.3 Å². The Labute approximate surface area is 107 Å². The number of nitrogens with two attached hydrogens (primary N) is 1. The van der Waals surface area contributed by atoms with Crippen molar-refractivity contribution >= 4 is 32.6 Å². The zero-order chi connectivity index (χ0) is 13.0. The van der Waals surface area contributed by atoms with E-state index in [0.29, 0.717) is 5.13 Å². The summed E-state index contributed by atoms with van der Waals surface area (Å²) in [5.41, 5.74) is 2.84. The lowest BCUT2D eigenvalue weighted by atomic mass is 10.3. The van der Waals surface area contributed by atoms with Gasteiger partial charge < -0.3 is 5.43 Å². The minimum Gasteiger partial charge on any atom is -0.330 e. The van der Waals surface area contributed by atoms with Gasteiger partial charge >= 0.3 is 0 Å². The predicted octanol–water partition coefficient (Wildman–Crippen LogP) is 1.11. The van der Waals surface area contributed by atoms with Gasteiger partial charge in [0.05, 0.1) is 10.2 Å². The van der Waals surface area contributed by atoms with Crippen LogP contribution in [0.25, 0.3) is 10.2 Å².